The highest BCUT2D eigenvalue weighted by Crippen LogP contribution is 2.24. The summed E-state index contributed by atoms with van der Waals surface area (Å²) in [5.41, 5.74) is -0.111. The first-order valence-corrected chi connectivity index (χ1v) is 7.88. The molecule has 0 spiro atoms. The van der Waals surface area contributed by atoms with Crippen LogP contribution in [-0.2, 0) is 4.74 Å². The maximum atomic E-state index is 9.62. The van der Waals surface area contributed by atoms with E-state index in [9.17, 15) is 5.11 Å². The predicted octanol–water partition coefficient (Wildman–Crippen LogP) is 1.38. The summed E-state index contributed by atoms with van der Waals surface area (Å²) in [5, 5.41) is 13.2. The van der Waals surface area contributed by atoms with E-state index in [1.165, 1.54) is 32.2 Å². The van der Waals surface area contributed by atoms with Gasteiger partial charge in [-0.1, -0.05) is 0 Å². The lowest BCUT2D eigenvalue weighted by atomic mass is 9.97. The average Bonchev–Trinajstić information content (AvgIpc) is 3.21. The minimum Gasteiger partial charge on any atom is -0.394 e. The molecule has 0 amide bonds. The van der Waals surface area contributed by atoms with Crippen LogP contribution in [0.3, 0.4) is 0 Å². The number of nitrogens with zero attached hydrogens (tertiary/aromatic N) is 1. The SMILES string of the molecule is CCOC1CCCN(CCC(C)(CO)NC2CC2)C1. The molecule has 1 saturated carbocycles. The Bertz CT molecular complexity index is 269. The molecule has 2 fully saturated rings. The van der Waals surface area contributed by atoms with E-state index in [0.29, 0.717) is 12.1 Å². The van der Waals surface area contributed by atoms with Crippen molar-refractivity contribution in [2.75, 3.05) is 32.8 Å². The second-order valence-electron chi connectivity index (χ2n) is 6.41. The summed E-state index contributed by atoms with van der Waals surface area (Å²) < 4.78 is 5.74. The number of rotatable bonds is 8. The summed E-state index contributed by atoms with van der Waals surface area (Å²) in [6.45, 7) is 8.55. The second kappa shape index (κ2) is 7.02. The van der Waals surface area contributed by atoms with Gasteiger partial charge in [-0.2, -0.15) is 0 Å². The topological polar surface area (TPSA) is 44.7 Å². The Hall–Kier alpha value is -0.160. The lowest BCUT2D eigenvalue weighted by Crippen LogP contribution is -2.50. The van der Waals surface area contributed by atoms with Crippen molar-refractivity contribution in [3.05, 3.63) is 0 Å². The van der Waals surface area contributed by atoms with Crippen molar-refractivity contribution in [1.82, 2.24) is 10.2 Å². The number of nitrogens with one attached hydrogen (secondary N) is 1. The molecule has 4 heteroatoms. The van der Waals surface area contributed by atoms with Gasteiger partial charge in [0.05, 0.1) is 12.7 Å². The van der Waals surface area contributed by atoms with Crippen molar-refractivity contribution in [2.24, 2.45) is 0 Å². The molecule has 19 heavy (non-hydrogen) atoms. The zero-order valence-corrected chi connectivity index (χ0v) is 12.5. The van der Waals surface area contributed by atoms with Crippen molar-refractivity contribution >= 4 is 0 Å². The number of piperidine rings is 1. The molecule has 0 aromatic rings. The maximum Gasteiger partial charge on any atom is 0.0702 e. The Morgan fingerprint density at radius 1 is 1.37 bits per heavy atom. The number of aliphatic hydroxyl groups excluding tert-OH is 1. The van der Waals surface area contributed by atoms with Crippen LogP contribution in [0.2, 0.25) is 0 Å². The molecule has 2 N–H and O–H groups in total. The minimum atomic E-state index is -0.111. The lowest BCUT2D eigenvalue weighted by Gasteiger charge is -2.36. The van der Waals surface area contributed by atoms with Crippen LogP contribution in [-0.4, -0.2) is 60.5 Å². The maximum absolute atomic E-state index is 9.62. The molecule has 1 aliphatic carbocycles. The smallest absolute Gasteiger partial charge is 0.0702 e. The first-order chi connectivity index (χ1) is 9.15. The fourth-order valence-electron chi connectivity index (χ4n) is 2.91. The molecule has 1 heterocycles. The summed E-state index contributed by atoms with van der Waals surface area (Å²) in [4.78, 5) is 2.49. The van der Waals surface area contributed by atoms with E-state index >= 15 is 0 Å². The largest absolute Gasteiger partial charge is 0.394 e. The molecule has 1 saturated heterocycles. The van der Waals surface area contributed by atoms with Crippen LogP contribution in [0, 0.1) is 0 Å². The molecular weight excluding hydrogens is 240 g/mol. The van der Waals surface area contributed by atoms with Gasteiger partial charge in [-0.05, 0) is 52.5 Å². The Morgan fingerprint density at radius 3 is 2.79 bits per heavy atom. The molecule has 0 bridgehead atoms. The highest BCUT2D eigenvalue weighted by atomic mass is 16.5. The van der Waals surface area contributed by atoms with E-state index in [-0.39, 0.29) is 12.1 Å². The molecule has 1 aliphatic heterocycles. The molecule has 0 aromatic carbocycles. The van der Waals surface area contributed by atoms with Gasteiger partial charge in [0.1, 0.15) is 0 Å². The summed E-state index contributed by atoms with van der Waals surface area (Å²) >= 11 is 0. The fourth-order valence-corrected chi connectivity index (χ4v) is 2.91. The van der Waals surface area contributed by atoms with E-state index in [1.807, 2.05) is 0 Å². The zero-order chi connectivity index (χ0) is 13.7. The van der Waals surface area contributed by atoms with Gasteiger partial charge < -0.3 is 20.1 Å². The van der Waals surface area contributed by atoms with Crippen molar-refractivity contribution in [3.8, 4) is 0 Å². The number of hydrogen-bond donors (Lipinski definition) is 2. The van der Waals surface area contributed by atoms with Gasteiger partial charge in [-0.3, -0.25) is 0 Å². The van der Waals surface area contributed by atoms with Crippen molar-refractivity contribution in [2.45, 2.75) is 63.6 Å². The highest BCUT2D eigenvalue weighted by molar-refractivity contribution is 4.93. The monoisotopic (exact) mass is 270 g/mol. The van der Waals surface area contributed by atoms with Crippen LogP contribution in [0.4, 0.5) is 0 Å². The molecule has 2 aliphatic rings. The van der Waals surface area contributed by atoms with Gasteiger partial charge in [-0.25, -0.2) is 0 Å². The zero-order valence-electron chi connectivity index (χ0n) is 12.5. The van der Waals surface area contributed by atoms with Gasteiger partial charge in [0, 0.05) is 31.3 Å². The summed E-state index contributed by atoms with van der Waals surface area (Å²) in [6.07, 6.45) is 6.39. The van der Waals surface area contributed by atoms with Crippen LogP contribution < -0.4 is 5.32 Å². The molecule has 0 radical (unpaired) electrons. The third-order valence-electron chi connectivity index (χ3n) is 4.32. The predicted molar refractivity (Wildman–Crippen MR) is 77.4 cm³/mol. The Labute approximate surface area is 117 Å². The fraction of sp³-hybridized carbons (Fsp3) is 1.00. The number of hydrogen-bond acceptors (Lipinski definition) is 4. The van der Waals surface area contributed by atoms with Crippen LogP contribution >= 0.6 is 0 Å². The Morgan fingerprint density at radius 2 is 2.16 bits per heavy atom. The summed E-state index contributed by atoms with van der Waals surface area (Å²) in [5.74, 6) is 0. The molecule has 2 unspecified atom stereocenters. The molecular formula is C15H30N2O2. The van der Waals surface area contributed by atoms with Crippen molar-refractivity contribution < 1.29 is 9.84 Å². The van der Waals surface area contributed by atoms with E-state index in [0.717, 1.165) is 26.1 Å². The highest BCUT2D eigenvalue weighted by Gasteiger charge is 2.32. The van der Waals surface area contributed by atoms with E-state index in [4.69, 9.17) is 4.74 Å². The minimum absolute atomic E-state index is 0.111. The Balaban J connectivity index is 1.73. The molecule has 2 atom stereocenters. The van der Waals surface area contributed by atoms with Gasteiger partial charge in [0.15, 0.2) is 0 Å². The quantitative estimate of drug-likeness (QED) is 0.699. The van der Waals surface area contributed by atoms with Gasteiger partial charge in [0.25, 0.3) is 0 Å². The van der Waals surface area contributed by atoms with Crippen LogP contribution in [0.5, 0.6) is 0 Å². The average molecular weight is 270 g/mol. The van der Waals surface area contributed by atoms with Crippen LogP contribution in [0.15, 0.2) is 0 Å². The van der Waals surface area contributed by atoms with Gasteiger partial charge in [-0.15, -0.1) is 0 Å². The lowest BCUT2D eigenvalue weighted by molar-refractivity contribution is 0.00263. The van der Waals surface area contributed by atoms with E-state index in [2.05, 4.69) is 24.1 Å². The normalized spacial score (nSPS) is 28.3. The van der Waals surface area contributed by atoms with Crippen LogP contribution in [0.1, 0.15) is 46.0 Å². The third-order valence-corrected chi connectivity index (χ3v) is 4.32. The van der Waals surface area contributed by atoms with Gasteiger partial charge in [0.2, 0.25) is 0 Å². The van der Waals surface area contributed by atoms with Crippen LogP contribution in [0.25, 0.3) is 0 Å². The van der Waals surface area contributed by atoms with E-state index in [1.54, 1.807) is 0 Å². The van der Waals surface area contributed by atoms with Gasteiger partial charge >= 0.3 is 0 Å². The molecule has 4 nitrogen and oxygen atoms in total. The van der Waals surface area contributed by atoms with E-state index < -0.39 is 0 Å². The molecule has 112 valence electrons. The number of likely N-dealkylation sites (tertiary alicyclic amines) is 1. The first-order valence-electron chi connectivity index (χ1n) is 7.88. The molecule has 2 rings (SSSR count). The summed E-state index contributed by atoms with van der Waals surface area (Å²) in [6, 6.07) is 0.648. The molecule has 0 aromatic heterocycles. The number of aliphatic hydroxyl groups is 1. The van der Waals surface area contributed by atoms with Crippen molar-refractivity contribution in [3.63, 3.8) is 0 Å². The first kappa shape index (κ1) is 15.2. The number of ether oxygens (including phenoxy) is 1. The Kier molecular flexibility index (Phi) is 5.63. The van der Waals surface area contributed by atoms with Crippen molar-refractivity contribution in [1.29, 1.82) is 0 Å². The third kappa shape index (κ3) is 5.03. The second-order valence-corrected chi connectivity index (χ2v) is 6.41. The summed E-state index contributed by atoms with van der Waals surface area (Å²) in [7, 11) is 0. The standard InChI is InChI=1S/C15H30N2O2/c1-3-19-14-5-4-9-17(11-14)10-8-15(2,12-18)16-13-6-7-13/h13-14,16,18H,3-12H2,1-2H3.